The van der Waals surface area contributed by atoms with Crippen LogP contribution in [0.5, 0.6) is 0 Å². The molecule has 3 heteroatoms. The molecule has 0 aliphatic carbocycles. The topological polar surface area (TPSA) is 46.3 Å². The second kappa shape index (κ2) is 7.17. The number of carbonyl (C=O) groups is 1. The van der Waals surface area contributed by atoms with Gasteiger partial charge < -0.3 is 10.6 Å². The number of nitrogens with two attached hydrogens (primary N) is 1. The number of likely N-dealkylation sites (tertiary alicyclic amines) is 1. The number of carbonyl (C=O) groups excluding carboxylic acids is 1. The fourth-order valence-electron chi connectivity index (χ4n) is 2.45. The van der Waals surface area contributed by atoms with Gasteiger partial charge in [-0.05, 0) is 18.0 Å². The first kappa shape index (κ1) is 14.7. The lowest BCUT2D eigenvalue weighted by molar-refractivity contribution is -0.127. The van der Waals surface area contributed by atoms with Gasteiger partial charge in [0.1, 0.15) is 0 Å². The van der Waals surface area contributed by atoms with Crippen molar-refractivity contribution in [3.8, 4) is 0 Å². The van der Waals surface area contributed by atoms with Crippen LogP contribution in [0.25, 0.3) is 0 Å². The van der Waals surface area contributed by atoms with Crippen molar-refractivity contribution in [2.45, 2.75) is 26.7 Å². The Kier molecular flexibility index (Phi) is 5.86. The summed E-state index contributed by atoms with van der Waals surface area (Å²) in [5, 5.41) is 0. The third kappa shape index (κ3) is 3.33. The molecule has 2 atom stereocenters. The molecule has 0 spiro atoms. The SMILES string of the molecule is CC.CC(=O)N1C[C@@H](CN)[C@H](c2ccccc2)C1. The maximum absolute atomic E-state index is 11.4. The van der Waals surface area contributed by atoms with Crippen LogP contribution < -0.4 is 5.73 Å². The minimum Gasteiger partial charge on any atom is -0.342 e. The summed E-state index contributed by atoms with van der Waals surface area (Å²) < 4.78 is 0. The smallest absolute Gasteiger partial charge is 0.219 e. The lowest BCUT2D eigenvalue weighted by Gasteiger charge is -2.16. The van der Waals surface area contributed by atoms with Gasteiger partial charge in [0, 0.05) is 25.9 Å². The van der Waals surface area contributed by atoms with Gasteiger partial charge in [-0.15, -0.1) is 0 Å². The lowest BCUT2D eigenvalue weighted by atomic mass is 9.89. The van der Waals surface area contributed by atoms with Crippen LogP contribution in [0, 0.1) is 5.92 Å². The fraction of sp³-hybridized carbons (Fsp3) is 0.533. The molecule has 0 saturated carbocycles. The van der Waals surface area contributed by atoms with E-state index in [4.69, 9.17) is 5.73 Å². The molecule has 1 aliphatic heterocycles. The van der Waals surface area contributed by atoms with E-state index >= 15 is 0 Å². The molecule has 18 heavy (non-hydrogen) atoms. The van der Waals surface area contributed by atoms with Crippen molar-refractivity contribution in [2.75, 3.05) is 19.6 Å². The minimum absolute atomic E-state index is 0.150. The third-order valence-electron chi connectivity index (χ3n) is 3.42. The van der Waals surface area contributed by atoms with Crippen molar-refractivity contribution < 1.29 is 4.79 Å². The van der Waals surface area contributed by atoms with Crippen molar-refractivity contribution in [3.05, 3.63) is 35.9 Å². The number of nitrogens with zero attached hydrogens (tertiary/aromatic N) is 1. The summed E-state index contributed by atoms with van der Waals surface area (Å²) in [5.41, 5.74) is 7.08. The molecule has 2 rings (SSSR count). The van der Waals surface area contributed by atoms with Crippen molar-refractivity contribution >= 4 is 5.91 Å². The van der Waals surface area contributed by atoms with Gasteiger partial charge in [-0.3, -0.25) is 4.79 Å². The molecule has 100 valence electrons. The van der Waals surface area contributed by atoms with E-state index in [1.54, 1.807) is 6.92 Å². The minimum atomic E-state index is 0.150. The van der Waals surface area contributed by atoms with Crippen molar-refractivity contribution in [2.24, 2.45) is 11.7 Å². The van der Waals surface area contributed by atoms with Gasteiger partial charge in [0.2, 0.25) is 5.91 Å². The van der Waals surface area contributed by atoms with Gasteiger partial charge in [-0.2, -0.15) is 0 Å². The summed E-state index contributed by atoms with van der Waals surface area (Å²) >= 11 is 0. The maximum Gasteiger partial charge on any atom is 0.219 e. The maximum atomic E-state index is 11.4. The highest BCUT2D eigenvalue weighted by molar-refractivity contribution is 5.73. The van der Waals surface area contributed by atoms with E-state index in [0.29, 0.717) is 18.4 Å². The monoisotopic (exact) mass is 248 g/mol. The largest absolute Gasteiger partial charge is 0.342 e. The van der Waals surface area contributed by atoms with E-state index in [-0.39, 0.29) is 5.91 Å². The van der Waals surface area contributed by atoms with E-state index in [2.05, 4.69) is 12.1 Å². The van der Waals surface area contributed by atoms with Crippen LogP contribution in [0.15, 0.2) is 30.3 Å². The lowest BCUT2D eigenvalue weighted by Crippen LogP contribution is -2.27. The molecule has 0 aromatic heterocycles. The molecule has 2 N–H and O–H groups in total. The Hall–Kier alpha value is -1.35. The van der Waals surface area contributed by atoms with Gasteiger partial charge in [0.25, 0.3) is 0 Å². The van der Waals surface area contributed by atoms with Crippen molar-refractivity contribution in [1.82, 2.24) is 4.90 Å². The first-order valence-electron chi connectivity index (χ1n) is 6.73. The fourth-order valence-corrected chi connectivity index (χ4v) is 2.45. The van der Waals surface area contributed by atoms with Crippen LogP contribution in [0.4, 0.5) is 0 Å². The van der Waals surface area contributed by atoms with E-state index in [9.17, 15) is 4.79 Å². The molecule has 1 aromatic carbocycles. The van der Waals surface area contributed by atoms with Gasteiger partial charge >= 0.3 is 0 Å². The van der Waals surface area contributed by atoms with E-state index in [1.807, 2.05) is 36.9 Å². The molecule has 1 heterocycles. The first-order chi connectivity index (χ1) is 8.72. The van der Waals surface area contributed by atoms with E-state index in [1.165, 1.54) is 5.56 Å². The van der Waals surface area contributed by atoms with Crippen LogP contribution in [-0.4, -0.2) is 30.4 Å². The van der Waals surface area contributed by atoms with Gasteiger partial charge in [0.15, 0.2) is 0 Å². The number of rotatable bonds is 2. The number of benzene rings is 1. The Balaban J connectivity index is 0.000000771. The zero-order valence-corrected chi connectivity index (χ0v) is 11.6. The molecule has 0 bridgehead atoms. The molecule has 1 saturated heterocycles. The predicted molar refractivity (Wildman–Crippen MR) is 75.3 cm³/mol. The van der Waals surface area contributed by atoms with Crippen LogP contribution in [0.1, 0.15) is 32.3 Å². The average Bonchev–Trinajstić information content (AvgIpc) is 2.86. The highest BCUT2D eigenvalue weighted by Gasteiger charge is 2.33. The van der Waals surface area contributed by atoms with Crippen LogP contribution >= 0.6 is 0 Å². The standard InChI is InChI=1S/C13H18N2O.C2H6/c1-10(16)15-8-12(7-14)13(9-15)11-5-3-2-4-6-11;1-2/h2-6,12-13H,7-9,14H2,1H3;1-2H3/t12-,13+;/m1./s1. The molecular weight excluding hydrogens is 224 g/mol. The molecule has 1 fully saturated rings. The molecule has 0 unspecified atom stereocenters. The second-order valence-electron chi connectivity index (χ2n) is 4.44. The summed E-state index contributed by atoms with van der Waals surface area (Å²) in [6.07, 6.45) is 0. The zero-order valence-electron chi connectivity index (χ0n) is 11.6. The first-order valence-corrected chi connectivity index (χ1v) is 6.73. The number of hydrogen-bond acceptors (Lipinski definition) is 2. The average molecular weight is 248 g/mol. The molecule has 3 nitrogen and oxygen atoms in total. The molecule has 1 amide bonds. The quantitative estimate of drug-likeness (QED) is 0.872. The summed E-state index contributed by atoms with van der Waals surface area (Å²) in [7, 11) is 0. The Morgan fingerprint density at radius 2 is 1.89 bits per heavy atom. The number of amides is 1. The second-order valence-corrected chi connectivity index (χ2v) is 4.44. The Morgan fingerprint density at radius 3 is 2.39 bits per heavy atom. The van der Waals surface area contributed by atoms with Crippen molar-refractivity contribution in [1.29, 1.82) is 0 Å². The normalized spacial score (nSPS) is 22.3. The van der Waals surface area contributed by atoms with E-state index in [0.717, 1.165) is 13.1 Å². The summed E-state index contributed by atoms with van der Waals surface area (Å²) in [4.78, 5) is 13.3. The molecule has 1 aliphatic rings. The Morgan fingerprint density at radius 1 is 1.28 bits per heavy atom. The highest BCUT2D eigenvalue weighted by Crippen LogP contribution is 2.31. The summed E-state index contributed by atoms with van der Waals surface area (Å²) in [6, 6.07) is 10.3. The highest BCUT2D eigenvalue weighted by atomic mass is 16.2. The summed E-state index contributed by atoms with van der Waals surface area (Å²) in [6.45, 7) is 7.87. The Bertz CT molecular complexity index is 364. The zero-order chi connectivity index (χ0) is 13.5. The van der Waals surface area contributed by atoms with Crippen LogP contribution in [0.2, 0.25) is 0 Å². The number of hydrogen-bond donors (Lipinski definition) is 1. The van der Waals surface area contributed by atoms with Gasteiger partial charge in [-0.25, -0.2) is 0 Å². The van der Waals surface area contributed by atoms with Crippen LogP contribution in [0.3, 0.4) is 0 Å². The summed E-state index contributed by atoms with van der Waals surface area (Å²) in [5.74, 6) is 0.943. The third-order valence-corrected chi connectivity index (χ3v) is 3.42. The molecular formula is C15H24N2O. The van der Waals surface area contributed by atoms with Crippen LogP contribution in [-0.2, 0) is 4.79 Å². The Labute approximate surface area is 110 Å². The van der Waals surface area contributed by atoms with Gasteiger partial charge in [0.05, 0.1) is 0 Å². The van der Waals surface area contributed by atoms with E-state index < -0.39 is 0 Å². The van der Waals surface area contributed by atoms with Gasteiger partial charge in [-0.1, -0.05) is 44.2 Å². The molecule has 1 aromatic rings. The molecule has 0 radical (unpaired) electrons. The predicted octanol–water partition coefficient (Wildman–Crippen LogP) is 2.23. The van der Waals surface area contributed by atoms with Crippen molar-refractivity contribution in [3.63, 3.8) is 0 Å².